The summed E-state index contributed by atoms with van der Waals surface area (Å²) in [4.78, 5) is 11.4. The van der Waals surface area contributed by atoms with E-state index in [1.165, 1.54) is 6.07 Å². The molecule has 4 aliphatic carbocycles. The van der Waals surface area contributed by atoms with E-state index in [9.17, 15) is 17.7 Å². The highest BCUT2D eigenvalue weighted by atomic mass is 31.2. The molecule has 1 spiro atoms. The van der Waals surface area contributed by atoms with Crippen LogP contribution in [0, 0.1) is 46.3 Å². The first-order chi connectivity index (χ1) is 17.1. The van der Waals surface area contributed by atoms with E-state index in [4.69, 9.17) is 29.6 Å². The molecular weight excluding hydrogens is 496 g/mol. The zero-order valence-corrected chi connectivity index (χ0v) is 20.6. The Kier molecular flexibility index (Phi) is 6.62. The van der Waals surface area contributed by atoms with Crippen LogP contribution in [0.4, 0.5) is 13.2 Å². The number of rotatable bonds is 9. The minimum Gasteiger partial charge on any atom is -0.443 e. The number of nitriles is 2. The van der Waals surface area contributed by atoms with Crippen molar-refractivity contribution in [1.29, 1.82) is 10.5 Å². The Morgan fingerprint density at radius 3 is 2.11 bits per heavy atom. The van der Waals surface area contributed by atoms with E-state index < -0.39 is 31.5 Å². The molecule has 1 heterocycles. The van der Waals surface area contributed by atoms with Crippen molar-refractivity contribution in [3.05, 3.63) is 29.8 Å². The molecule has 1 saturated heterocycles. The van der Waals surface area contributed by atoms with Crippen LogP contribution in [0.15, 0.2) is 24.3 Å². The van der Waals surface area contributed by atoms with Crippen molar-refractivity contribution in [1.82, 2.24) is 0 Å². The average molecular weight is 524 g/mol. The second-order valence-corrected chi connectivity index (χ2v) is 13.2. The molecule has 1 aromatic rings. The maximum Gasteiger partial charge on any atom is 0.411 e. The molecule has 6 rings (SSSR count). The topological polar surface area (TPSA) is 102 Å². The zero-order valence-electron chi connectivity index (χ0n) is 19.7. The summed E-state index contributed by atoms with van der Waals surface area (Å²) in [5.74, 6) is -0.494. The molecule has 1 aromatic carbocycles. The molecule has 1 aliphatic heterocycles. The Morgan fingerprint density at radius 2 is 1.61 bits per heavy atom. The van der Waals surface area contributed by atoms with Gasteiger partial charge in [0.2, 0.25) is 7.37 Å². The second kappa shape index (κ2) is 9.33. The molecule has 36 heavy (non-hydrogen) atoms. The number of alkyl halides is 3. The Hall–Kier alpha value is -2.10. The Labute approximate surface area is 207 Å². The van der Waals surface area contributed by atoms with Gasteiger partial charge < -0.3 is 9.26 Å². The molecule has 1 atom stereocenters. The highest BCUT2D eigenvalue weighted by Crippen LogP contribution is 2.69. The summed E-state index contributed by atoms with van der Waals surface area (Å²) in [5, 5.41) is 17.9. The van der Waals surface area contributed by atoms with Crippen LogP contribution in [0.1, 0.15) is 50.5 Å². The van der Waals surface area contributed by atoms with Gasteiger partial charge in [-0.05, 0) is 67.9 Å². The number of benzene rings is 1. The normalized spacial score (nSPS) is 34.7. The third kappa shape index (κ3) is 4.33. The maximum absolute atomic E-state index is 13.4. The van der Waals surface area contributed by atoms with Gasteiger partial charge in [-0.2, -0.15) is 28.6 Å². The van der Waals surface area contributed by atoms with E-state index in [0.29, 0.717) is 17.4 Å². The van der Waals surface area contributed by atoms with E-state index in [-0.39, 0.29) is 42.8 Å². The van der Waals surface area contributed by atoms with Crippen LogP contribution in [-0.2, 0) is 24.9 Å². The molecule has 0 radical (unpaired) electrons. The van der Waals surface area contributed by atoms with Crippen molar-refractivity contribution in [3.63, 3.8) is 0 Å². The molecule has 7 nitrogen and oxygen atoms in total. The molecule has 4 bridgehead atoms. The molecule has 5 aliphatic rings. The van der Waals surface area contributed by atoms with Crippen LogP contribution >= 0.6 is 7.37 Å². The number of nitrogens with zero attached hydrogens (tertiary/aromatic N) is 2. The number of hydrogen-bond donors (Lipinski definition) is 0. The predicted molar refractivity (Wildman–Crippen MR) is 121 cm³/mol. The third-order valence-corrected chi connectivity index (χ3v) is 10.6. The lowest BCUT2D eigenvalue weighted by molar-refractivity contribution is -0.650. The fourth-order valence-corrected chi connectivity index (χ4v) is 8.83. The fraction of sp³-hybridized carbons (Fsp3) is 0.680. The van der Waals surface area contributed by atoms with Gasteiger partial charge in [0.15, 0.2) is 5.60 Å². The highest BCUT2D eigenvalue weighted by Gasteiger charge is 2.77. The monoisotopic (exact) mass is 524 g/mol. The average Bonchev–Trinajstić information content (AvgIpc) is 2.80. The van der Waals surface area contributed by atoms with Crippen molar-refractivity contribution in [2.75, 3.05) is 18.9 Å². The van der Waals surface area contributed by atoms with E-state index in [0.717, 1.165) is 32.1 Å². The van der Waals surface area contributed by atoms with Gasteiger partial charge in [-0.3, -0.25) is 4.57 Å². The van der Waals surface area contributed by atoms with Gasteiger partial charge in [-0.15, -0.1) is 0 Å². The molecule has 5 fully saturated rings. The summed E-state index contributed by atoms with van der Waals surface area (Å²) in [6.07, 6.45) is -0.0324. The van der Waals surface area contributed by atoms with Gasteiger partial charge in [0.25, 0.3) is 5.79 Å². The lowest BCUT2D eigenvalue weighted by Gasteiger charge is -2.68. The molecule has 1 unspecified atom stereocenters. The molecule has 4 saturated carbocycles. The molecular formula is C25H28F3N2O5P. The van der Waals surface area contributed by atoms with Crippen molar-refractivity contribution >= 4 is 7.37 Å². The summed E-state index contributed by atoms with van der Waals surface area (Å²) in [6.45, 7) is -1.50. The molecule has 0 N–H and O–H groups in total. The summed E-state index contributed by atoms with van der Waals surface area (Å²) in [5.41, 5.74) is -0.717. The van der Waals surface area contributed by atoms with Crippen LogP contribution in [-0.4, -0.2) is 30.7 Å². The third-order valence-electron chi connectivity index (χ3n) is 8.22. The quantitative estimate of drug-likeness (QED) is 0.286. The fourth-order valence-electron chi connectivity index (χ4n) is 7.04. The first-order valence-electron chi connectivity index (χ1n) is 12.3. The smallest absolute Gasteiger partial charge is 0.411 e. The maximum atomic E-state index is 13.4. The summed E-state index contributed by atoms with van der Waals surface area (Å²) >= 11 is 0. The summed E-state index contributed by atoms with van der Waals surface area (Å²) in [7, 11) is -3.38. The second-order valence-electron chi connectivity index (χ2n) is 10.5. The van der Waals surface area contributed by atoms with Gasteiger partial charge >= 0.3 is 6.18 Å². The zero-order chi connectivity index (χ0) is 25.6. The summed E-state index contributed by atoms with van der Waals surface area (Å²) < 4.78 is 64.9. The van der Waals surface area contributed by atoms with E-state index >= 15 is 0 Å². The largest absolute Gasteiger partial charge is 0.443 e. The van der Waals surface area contributed by atoms with Gasteiger partial charge in [0.1, 0.15) is 12.4 Å². The van der Waals surface area contributed by atoms with Crippen LogP contribution in [0.25, 0.3) is 0 Å². The van der Waals surface area contributed by atoms with Gasteiger partial charge in [0.05, 0.1) is 12.1 Å². The lowest BCUT2D eigenvalue weighted by Crippen LogP contribution is -2.77. The first-order valence-corrected chi connectivity index (χ1v) is 14.3. The number of ether oxygens (including phenoxy) is 1. The molecule has 0 amide bonds. The van der Waals surface area contributed by atoms with Crippen LogP contribution in [0.3, 0.4) is 0 Å². The Balaban J connectivity index is 1.50. The van der Waals surface area contributed by atoms with Gasteiger partial charge in [-0.1, -0.05) is 12.1 Å². The number of hydrogen-bond acceptors (Lipinski definition) is 7. The minimum atomic E-state index is -4.57. The minimum absolute atomic E-state index is 0.00716. The van der Waals surface area contributed by atoms with Crippen LogP contribution in [0.5, 0.6) is 5.75 Å². The van der Waals surface area contributed by atoms with Crippen molar-refractivity contribution in [3.8, 4) is 17.9 Å². The SMILES string of the molecule is N#CCCP(=O)(CCC#N)Oc1cccc(C2(OCC(F)(F)F)OOC23C2CC4CC(C2)CC3C4)c1. The standard InChI is InChI=1S/C25H28F3N2O5P/c26-23(27,28)16-32-25(24(34-35-25)20-11-17-10-18(13-20)14-21(24)12-17)19-4-1-5-22(15-19)33-36(31,8-2-6-29)9-3-7-30/h1,4-5,15,17-18,20-21H,2-3,8-14,16H2. The molecule has 194 valence electrons. The van der Waals surface area contributed by atoms with E-state index in [1.807, 2.05) is 12.1 Å². The molecule has 0 aromatic heterocycles. The predicted octanol–water partition coefficient (Wildman–Crippen LogP) is 6.06. The van der Waals surface area contributed by atoms with E-state index in [1.54, 1.807) is 18.2 Å². The van der Waals surface area contributed by atoms with Crippen LogP contribution in [0.2, 0.25) is 0 Å². The van der Waals surface area contributed by atoms with Crippen LogP contribution < -0.4 is 4.52 Å². The van der Waals surface area contributed by atoms with Gasteiger partial charge in [0, 0.05) is 30.7 Å². The summed E-state index contributed by atoms with van der Waals surface area (Å²) in [6, 6.07) is 10.1. The lowest BCUT2D eigenvalue weighted by atomic mass is 9.47. The Bertz CT molecular complexity index is 1080. The van der Waals surface area contributed by atoms with Crippen molar-refractivity contribution in [2.24, 2.45) is 23.7 Å². The van der Waals surface area contributed by atoms with Gasteiger partial charge in [-0.25, -0.2) is 4.89 Å². The Morgan fingerprint density at radius 1 is 1.00 bits per heavy atom. The van der Waals surface area contributed by atoms with Crippen molar-refractivity contribution in [2.45, 2.75) is 62.5 Å². The van der Waals surface area contributed by atoms with E-state index in [2.05, 4.69) is 0 Å². The number of halogens is 3. The van der Waals surface area contributed by atoms with Crippen molar-refractivity contribution < 1.29 is 36.8 Å². The first kappa shape index (κ1) is 25.5. The molecule has 11 heteroatoms. The highest BCUT2D eigenvalue weighted by molar-refractivity contribution is 7.59.